The predicted molar refractivity (Wildman–Crippen MR) is 85.3 cm³/mol. The molecule has 0 heterocycles. The van der Waals surface area contributed by atoms with Gasteiger partial charge in [-0.25, -0.2) is 0 Å². The van der Waals surface area contributed by atoms with E-state index in [0.717, 1.165) is 25.2 Å². The molecule has 4 heteroatoms. The summed E-state index contributed by atoms with van der Waals surface area (Å²) in [7, 11) is 2.10. The number of carbonyl (C=O) groups is 1. The van der Waals surface area contributed by atoms with Crippen LogP contribution in [0.4, 0.5) is 5.69 Å². The van der Waals surface area contributed by atoms with Gasteiger partial charge in [-0.1, -0.05) is 12.1 Å². The molecule has 112 valence electrons. The lowest BCUT2D eigenvalue weighted by atomic mass is 10.1. The van der Waals surface area contributed by atoms with E-state index < -0.39 is 0 Å². The third-order valence-corrected chi connectivity index (χ3v) is 3.39. The van der Waals surface area contributed by atoms with Crippen molar-refractivity contribution in [2.75, 3.05) is 32.0 Å². The largest absolute Gasteiger partial charge is 0.385 e. The molecule has 0 aliphatic carbocycles. The Morgan fingerprint density at radius 1 is 1.30 bits per heavy atom. The number of rotatable bonds is 8. The first kappa shape index (κ1) is 16.5. The highest BCUT2D eigenvalue weighted by atomic mass is 16.1. The fraction of sp³-hybridized carbons (Fsp3) is 0.562. The molecule has 4 nitrogen and oxygen atoms in total. The van der Waals surface area contributed by atoms with Crippen molar-refractivity contribution in [1.82, 2.24) is 10.2 Å². The van der Waals surface area contributed by atoms with E-state index in [1.165, 1.54) is 0 Å². The van der Waals surface area contributed by atoms with Crippen LogP contribution in [0.3, 0.4) is 0 Å². The van der Waals surface area contributed by atoms with E-state index in [0.29, 0.717) is 18.2 Å². The fourth-order valence-electron chi connectivity index (χ4n) is 1.91. The van der Waals surface area contributed by atoms with E-state index in [9.17, 15) is 4.79 Å². The molecular weight excluding hydrogens is 250 g/mol. The normalized spacial score (nSPS) is 10.9. The molecule has 1 rings (SSSR count). The third kappa shape index (κ3) is 5.21. The molecule has 1 amide bonds. The van der Waals surface area contributed by atoms with E-state index >= 15 is 0 Å². The van der Waals surface area contributed by atoms with Crippen LogP contribution in [0, 0.1) is 0 Å². The van der Waals surface area contributed by atoms with Crippen LogP contribution in [0.1, 0.15) is 37.6 Å². The molecule has 0 unspecified atom stereocenters. The highest BCUT2D eigenvalue weighted by Crippen LogP contribution is 2.14. The molecule has 0 spiro atoms. The second-order valence-corrected chi connectivity index (χ2v) is 5.26. The third-order valence-electron chi connectivity index (χ3n) is 3.39. The summed E-state index contributed by atoms with van der Waals surface area (Å²) in [6, 6.07) is 8.16. The minimum atomic E-state index is -0.00579. The lowest BCUT2D eigenvalue weighted by molar-refractivity contribution is 0.0952. The molecule has 0 radical (unpaired) electrons. The number of carbonyl (C=O) groups excluding carboxylic acids is 1. The maximum Gasteiger partial charge on any atom is 0.253 e. The maximum atomic E-state index is 12.2. The molecule has 0 bridgehead atoms. The van der Waals surface area contributed by atoms with Gasteiger partial charge in [0.2, 0.25) is 0 Å². The number of hydrogen-bond donors (Lipinski definition) is 2. The van der Waals surface area contributed by atoms with Crippen LogP contribution < -0.4 is 10.6 Å². The Morgan fingerprint density at radius 3 is 2.65 bits per heavy atom. The Hall–Kier alpha value is -1.55. The molecule has 0 aliphatic heterocycles. The molecule has 0 atom stereocenters. The number of benzene rings is 1. The number of hydrogen-bond acceptors (Lipinski definition) is 3. The fourth-order valence-corrected chi connectivity index (χ4v) is 1.91. The zero-order chi connectivity index (χ0) is 15.0. The quantitative estimate of drug-likeness (QED) is 0.718. The number of amides is 1. The summed E-state index contributed by atoms with van der Waals surface area (Å²) in [5.41, 5.74) is 1.61. The summed E-state index contributed by atoms with van der Waals surface area (Å²) in [5, 5.41) is 6.20. The van der Waals surface area contributed by atoms with Gasteiger partial charge in [0.15, 0.2) is 0 Å². The Morgan fingerprint density at radius 2 is 2.00 bits per heavy atom. The average molecular weight is 277 g/mol. The first-order valence-electron chi connectivity index (χ1n) is 7.37. The number of nitrogens with one attached hydrogen (secondary N) is 2. The van der Waals surface area contributed by atoms with Crippen LogP contribution in [-0.4, -0.2) is 43.5 Å². The lowest BCUT2D eigenvalue weighted by Crippen LogP contribution is -2.31. The monoisotopic (exact) mass is 277 g/mol. The molecule has 0 fully saturated rings. The number of nitrogens with zero attached hydrogens (tertiary/aromatic N) is 1. The van der Waals surface area contributed by atoms with Gasteiger partial charge in [-0.3, -0.25) is 4.79 Å². The molecule has 1 aromatic carbocycles. The van der Waals surface area contributed by atoms with Crippen molar-refractivity contribution in [3.8, 4) is 0 Å². The van der Waals surface area contributed by atoms with Gasteiger partial charge in [0.05, 0.1) is 5.56 Å². The Bertz CT molecular complexity index is 418. The van der Waals surface area contributed by atoms with Gasteiger partial charge in [0.1, 0.15) is 0 Å². The SMILES string of the molecule is CCNc1ccccc1C(=O)NCCCN(C)C(C)C. The van der Waals surface area contributed by atoms with Gasteiger partial charge >= 0.3 is 0 Å². The highest BCUT2D eigenvalue weighted by Gasteiger charge is 2.09. The molecule has 0 aliphatic rings. The van der Waals surface area contributed by atoms with Gasteiger partial charge in [-0.05, 0) is 52.9 Å². The summed E-state index contributed by atoms with van der Waals surface area (Å²) >= 11 is 0. The minimum Gasteiger partial charge on any atom is -0.385 e. The van der Waals surface area contributed by atoms with Crippen LogP contribution in [0.25, 0.3) is 0 Å². The standard InChI is InChI=1S/C16H27N3O/c1-5-17-15-10-7-6-9-14(15)16(20)18-11-8-12-19(4)13(2)3/h6-7,9-10,13,17H,5,8,11-12H2,1-4H3,(H,18,20). The summed E-state index contributed by atoms with van der Waals surface area (Å²) in [5.74, 6) is -0.00579. The smallest absolute Gasteiger partial charge is 0.253 e. The van der Waals surface area contributed by atoms with Crippen LogP contribution in [0.5, 0.6) is 0 Å². The second kappa shape index (κ2) is 8.59. The van der Waals surface area contributed by atoms with Crippen LogP contribution >= 0.6 is 0 Å². The van der Waals surface area contributed by atoms with Gasteiger partial charge in [0.25, 0.3) is 5.91 Å². The zero-order valence-electron chi connectivity index (χ0n) is 13.1. The van der Waals surface area contributed by atoms with Gasteiger partial charge in [0, 0.05) is 24.8 Å². The minimum absolute atomic E-state index is 0.00579. The van der Waals surface area contributed by atoms with E-state index in [-0.39, 0.29) is 5.91 Å². The molecule has 0 aromatic heterocycles. The second-order valence-electron chi connectivity index (χ2n) is 5.26. The molecule has 1 aromatic rings. The average Bonchev–Trinajstić information content (AvgIpc) is 2.44. The molecule has 0 saturated carbocycles. The zero-order valence-corrected chi connectivity index (χ0v) is 13.1. The van der Waals surface area contributed by atoms with Crippen molar-refractivity contribution in [1.29, 1.82) is 0 Å². The summed E-state index contributed by atoms with van der Waals surface area (Å²) in [6.45, 7) is 8.87. The first-order chi connectivity index (χ1) is 9.56. The summed E-state index contributed by atoms with van der Waals surface area (Å²) < 4.78 is 0. The van der Waals surface area contributed by atoms with Crippen molar-refractivity contribution < 1.29 is 4.79 Å². The Balaban J connectivity index is 2.43. The van der Waals surface area contributed by atoms with Crippen molar-refractivity contribution >= 4 is 11.6 Å². The van der Waals surface area contributed by atoms with E-state index in [2.05, 4.69) is 36.4 Å². The van der Waals surface area contributed by atoms with E-state index in [4.69, 9.17) is 0 Å². The van der Waals surface area contributed by atoms with E-state index in [1.54, 1.807) is 0 Å². The predicted octanol–water partition coefficient (Wildman–Crippen LogP) is 2.58. The molecule has 0 saturated heterocycles. The topological polar surface area (TPSA) is 44.4 Å². The summed E-state index contributed by atoms with van der Waals surface area (Å²) in [6.07, 6.45) is 0.962. The highest BCUT2D eigenvalue weighted by molar-refractivity contribution is 5.99. The van der Waals surface area contributed by atoms with Crippen molar-refractivity contribution in [2.45, 2.75) is 33.2 Å². The van der Waals surface area contributed by atoms with Gasteiger partial charge in [-0.2, -0.15) is 0 Å². The van der Waals surface area contributed by atoms with Crippen LogP contribution in [-0.2, 0) is 0 Å². The van der Waals surface area contributed by atoms with Crippen molar-refractivity contribution in [2.24, 2.45) is 0 Å². The van der Waals surface area contributed by atoms with E-state index in [1.807, 2.05) is 31.2 Å². The number of para-hydroxylation sites is 1. The van der Waals surface area contributed by atoms with Gasteiger partial charge in [-0.15, -0.1) is 0 Å². The summed E-state index contributed by atoms with van der Waals surface area (Å²) in [4.78, 5) is 14.4. The molecule has 2 N–H and O–H groups in total. The van der Waals surface area contributed by atoms with Crippen LogP contribution in [0.2, 0.25) is 0 Å². The van der Waals surface area contributed by atoms with Crippen LogP contribution in [0.15, 0.2) is 24.3 Å². The molecule has 20 heavy (non-hydrogen) atoms. The lowest BCUT2D eigenvalue weighted by Gasteiger charge is -2.20. The van der Waals surface area contributed by atoms with Gasteiger partial charge < -0.3 is 15.5 Å². The van der Waals surface area contributed by atoms with Crippen molar-refractivity contribution in [3.63, 3.8) is 0 Å². The molecular formula is C16H27N3O. The Kier molecular flexibility index (Phi) is 7.09. The maximum absolute atomic E-state index is 12.2. The number of anilines is 1. The van der Waals surface area contributed by atoms with Crippen molar-refractivity contribution in [3.05, 3.63) is 29.8 Å². The first-order valence-corrected chi connectivity index (χ1v) is 7.37. The Labute approximate surface area is 122 Å².